The minimum Gasteiger partial charge on any atom is -0.354 e. The van der Waals surface area contributed by atoms with E-state index in [0.717, 1.165) is 0 Å². The maximum Gasteiger partial charge on any atom is 0.276 e. The molecule has 3 amide bonds. The third-order valence-corrected chi connectivity index (χ3v) is 4.54. The maximum absolute atomic E-state index is 13.2. The van der Waals surface area contributed by atoms with E-state index in [1.807, 2.05) is 0 Å². The number of benzene rings is 2. The lowest BCUT2D eigenvalue weighted by Crippen LogP contribution is -2.23. The first-order valence-corrected chi connectivity index (χ1v) is 9.11. The van der Waals surface area contributed by atoms with Gasteiger partial charge < -0.3 is 20.9 Å². The number of rotatable bonds is 5. The summed E-state index contributed by atoms with van der Waals surface area (Å²) in [5, 5.41) is 7.73. The predicted molar refractivity (Wildman–Crippen MR) is 108 cm³/mol. The highest BCUT2D eigenvalue weighted by molar-refractivity contribution is 9.10. The Morgan fingerprint density at radius 1 is 0.966 bits per heavy atom. The molecule has 29 heavy (non-hydrogen) atoms. The number of nitrogens with zero attached hydrogens (tertiary/aromatic N) is 1. The van der Waals surface area contributed by atoms with Crippen LogP contribution in [-0.4, -0.2) is 34.7 Å². The van der Waals surface area contributed by atoms with E-state index in [0.29, 0.717) is 15.8 Å². The zero-order valence-corrected chi connectivity index (χ0v) is 16.6. The molecule has 0 bridgehead atoms. The first kappa shape index (κ1) is 20.2. The smallest absolute Gasteiger partial charge is 0.276 e. The summed E-state index contributed by atoms with van der Waals surface area (Å²) in [6.45, 7) is 0. The van der Waals surface area contributed by atoms with Crippen LogP contribution in [0.5, 0.6) is 0 Å². The molecule has 0 unspecified atom stereocenters. The fourth-order valence-corrected chi connectivity index (χ4v) is 2.99. The van der Waals surface area contributed by atoms with Gasteiger partial charge >= 0.3 is 0 Å². The van der Waals surface area contributed by atoms with Crippen LogP contribution in [0.25, 0.3) is 0 Å². The molecule has 0 aliphatic rings. The Balaban J connectivity index is 1.67. The van der Waals surface area contributed by atoms with Crippen molar-refractivity contribution in [2.24, 2.45) is 0 Å². The summed E-state index contributed by atoms with van der Waals surface area (Å²) in [7, 11) is 1.45. The Morgan fingerprint density at radius 3 is 2.17 bits per heavy atom. The van der Waals surface area contributed by atoms with Crippen molar-refractivity contribution < 1.29 is 18.8 Å². The molecule has 8 nitrogen and oxygen atoms in total. The highest BCUT2D eigenvalue weighted by atomic mass is 79.9. The fraction of sp³-hybridized carbons (Fsp3) is 0.0526. The van der Waals surface area contributed by atoms with Gasteiger partial charge in [0, 0.05) is 22.9 Å². The molecule has 0 aliphatic heterocycles. The van der Waals surface area contributed by atoms with Crippen molar-refractivity contribution in [3.63, 3.8) is 0 Å². The summed E-state index contributed by atoms with van der Waals surface area (Å²) in [6.07, 6.45) is 1.26. The second-order valence-corrected chi connectivity index (χ2v) is 6.67. The van der Waals surface area contributed by atoms with Gasteiger partial charge in [-0.2, -0.15) is 0 Å². The van der Waals surface area contributed by atoms with E-state index < -0.39 is 23.5 Å². The van der Waals surface area contributed by atoms with E-state index in [1.165, 1.54) is 31.6 Å². The molecule has 0 spiro atoms. The Labute approximate surface area is 173 Å². The molecule has 0 fully saturated rings. The van der Waals surface area contributed by atoms with Crippen molar-refractivity contribution in [2.75, 3.05) is 17.7 Å². The number of aromatic nitrogens is 2. The van der Waals surface area contributed by atoms with E-state index in [2.05, 4.69) is 41.8 Å². The average Bonchev–Trinajstić information content (AvgIpc) is 3.19. The molecule has 0 atom stereocenters. The van der Waals surface area contributed by atoms with Gasteiger partial charge in [0.25, 0.3) is 17.7 Å². The highest BCUT2D eigenvalue weighted by Gasteiger charge is 2.19. The molecule has 3 aromatic rings. The van der Waals surface area contributed by atoms with E-state index in [1.54, 1.807) is 24.3 Å². The standard InChI is InChI=1S/C19H15BrFN5O3/c1-22-18(28)15-16(24-9-23-15)19(29)26-12-5-3-11(4-6-12)25-17(27)13-7-2-10(21)8-14(13)20/h2-9H,1H3,(H,22,28)(H,23,24)(H,25,27)(H,26,29). The molecule has 2 aromatic carbocycles. The lowest BCUT2D eigenvalue weighted by Gasteiger charge is -2.09. The SMILES string of the molecule is CNC(=O)c1[nH]cnc1C(=O)Nc1ccc(NC(=O)c2ccc(F)cc2Br)cc1. The molecule has 0 saturated carbocycles. The molecular weight excluding hydrogens is 445 g/mol. The first-order valence-electron chi connectivity index (χ1n) is 8.32. The minimum atomic E-state index is -0.558. The van der Waals surface area contributed by atoms with Crippen molar-refractivity contribution in [3.05, 3.63) is 76.0 Å². The molecule has 0 saturated heterocycles. The predicted octanol–water partition coefficient (Wildman–Crippen LogP) is 3.18. The van der Waals surface area contributed by atoms with Gasteiger partial charge in [0.2, 0.25) is 0 Å². The summed E-state index contributed by atoms with van der Waals surface area (Å²) in [5.74, 6) is -1.89. The quantitative estimate of drug-likeness (QED) is 0.468. The monoisotopic (exact) mass is 459 g/mol. The Kier molecular flexibility index (Phi) is 6.03. The van der Waals surface area contributed by atoms with Crippen LogP contribution in [-0.2, 0) is 0 Å². The largest absolute Gasteiger partial charge is 0.354 e. The molecule has 4 N–H and O–H groups in total. The van der Waals surface area contributed by atoms with Crippen molar-refractivity contribution in [2.45, 2.75) is 0 Å². The van der Waals surface area contributed by atoms with Crippen LogP contribution in [0.1, 0.15) is 31.3 Å². The van der Waals surface area contributed by atoms with Gasteiger partial charge in [-0.05, 0) is 58.4 Å². The van der Waals surface area contributed by atoms with E-state index in [-0.39, 0.29) is 17.0 Å². The van der Waals surface area contributed by atoms with Gasteiger partial charge in [-0.25, -0.2) is 9.37 Å². The first-order chi connectivity index (χ1) is 13.9. The molecule has 0 radical (unpaired) electrons. The third-order valence-electron chi connectivity index (χ3n) is 3.88. The number of nitrogens with one attached hydrogen (secondary N) is 4. The molecule has 10 heteroatoms. The Hall–Kier alpha value is -3.53. The summed E-state index contributed by atoms with van der Waals surface area (Å²) >= 11 is 3.15. The van der Waals surface area contributed by atoms with Crippen molar-refractivity contribution in [1.82, 2.24) is 15.3 Å². The van der Waals surface area contributed by atoms with Crippen molar-refractivity contribution in [1.29, 1.82) is 0 Å². The van der Waals surface area contributed by atoms with Crippen LogP contribution in [0, 0.1) is 5.82 Å². The van der Waals surface area contributed by atoms with Crippen LogP contribution < -0.4 is 16.0 Å². The fourth-order valence-electron chi connectivity index (χ4n) is 2.46. The number of hydrogen-bond acceptors (Lipinski definition) is 4. The lowest BCUT2D eigenvalue weighted by molar-refractivity contribution is 0.0943. The van der Waals surface area contributed by atoms with Gasteiger partial charge in [-0.1, -0.05) is 0 Å². The van der Waals surface area contributed by atoms with Crippen LogP contribution in [0.15, 0.2) is 53.3 Å². The summed E-state index contributed by atoms with van der Waals surface area (Å²) < 4.78 is 13.5. The van der Waals surface area contributed by atoms with Crippen molar-refractivity contribution >= 4 is 45.0 Å². The second-order valence-electron chi connectivity index (χ2n) is 5.82. The van der Waals surface area contributed by atoms with Crippen molar-refractivity contribution in [3.8, 4) is 0 Å². The molecule has 148 valence electrons. The van der Waals surface area contributed by atoms with Gasteiger partial charge in [0.15, 0.2) is 5.69 Å². The van der Waals surface area contributed by atoms with Crippen LogP contribution in [0.4, 0.5) is 15.8 Å². The number of H-pyrrole nitrogens is 1. The van der Waals surface area contributed by atoms with Crippen LogP contribution >= 0.6 is 15.9 Å². The Bertz CT molecular complexity index is 1080. The number of halogens is 2. The normalized spacial score (nSPS) is 10.3. The van der Waals surface area contributed by atoms with E-state index in [4.69, 9.17) is 0 Å². The topological polar surface area (TPSA) is 116 Å². The zero-order chi connectivity index (χ0) is 21.0. The Morgan fingerprint density at radius 2 is 1.59 bits per heavy atom. The summed E-state index contributed by atoms with van der Waals surface area (Å²) in [6, 6.07) is 10.1. The van der Waals surface area contributed by atoms with Crippen LogP contribution in [0.2, 0.25) is 0 Å². The summed E-state index contributed by atoms with van der Waals surface area (Å²) in [4.78, 5) is 42.9. The molecule has 0 aliphatic carbocycles. The minimum absolute atomic E-state index is 0.0390. The van der Waals surface area contributed by atoms with E-state index >= 15 is 0 Å². The second kappa shape index (κ2) is 8.65. The van der Waals surface area contributed by atoms with Gasteiger partial charge in [0.1, 0.15) is 11.5 Å². The number of aromatic amines is 1. The lowest BCUT2D eigenvalue weighted by atomic mass is 10.2. The number of anilines is 2. The molecule has 1 heterocycles. The number of carbonyl (C=O) groups is 3. The van der Waals surface area contributed by atoms with E-state index in [9.17, 15) is 18.8 Å². The molecule has 1 aromatic heterocycles. The van der Waals surface area contributed by atoms with Gasteiger partial charge in [-0.15, -0.1) is 0 Å². The maximum atomic E-state index is 13.2. The van der Waals surface area contributed by atoms with Crippen LogP contribution in [0.3, 0.4) is 0 Å². The summed E-state index contributed by atoms with van der Waals surface area (Å²) in [5.41, 5.74) is 1.22. The highest BCUT2D eigenvalue weighted by Crippen LogP contribution is 2.21. The van der Waals surface area contributed by atoms with Gasteiger partial charge in [0.05, 0.1) is 11.9 Å². The zero-order valence-electron chi connectivity index (χ0n) is 15.0. The molecule has 3 rings (SSSR count). The number of carbonyl (C=O) groups excluding carboxylic acids is 3. The number of imidazole rings is 1. The molecular formula is C19H15BrFN5O3. The average molecular weight is 460 g/mol. The number of hydrogen-bond donors (Lipinski definition) is 4. The number of amides is 3. The van der Waals surface area contributed by atoms with Gasteiger partial charge in [-0.3, -0.25) is 14.4 Å². The third kappa shape index (κ3) is 4.66.